The number of aromatic nitrogens is 1. The van der Waals surface area contributed by atoms with Gasteiger partial charge in [-0.3, -0.25) is 4.79 Å². The maximum Gasteiger partial charge on any atom is 0.221 e. The van der Waals surface area contributed by atoms with Gasteiger partial charge < -0.3 is 22.2 Å². The molecule has 0 aliphatic heterocycles. The Hall–Kier alpha value is -2.11. The van der Waals surface area contributed by atoms with Crippen LogP contribution in [0.1, 0.15) is 12.5 Å². The monoisotopic (exact) mass is 193 g/mol. The first kappa shape index (κ1) is 9.97. The van der Waals surface area contributed by atoms with Crippen molar-refractivity contribution < 1.29 is 4.79 Å². The number of nitrogen functional groups attached to an aromatic ring is 2. The van der Waals surface area contributed by atoms with Gasteiger partial charge in [0.2, 0.25) is 5.91 Å². The van der Waals surface area contributed by atoms with E-state index in [1.54, 1.807) is 0 Å². The van der Waals surface area contributed by atoms with Crippen molar-refractivity contribution in [1.82, 2.24) is 4.98 Å². The summed E-state index contributed by atoms with van der Waals surface area (Å²) in [5.74, 6) is -0.0780. The number of pyridine rings is 1. The first-order chi connectivity index (χ1) is 6.56. The van der Waals surface area contributed by atoms with E-state index in [2.05, 4.69) is 10.3 Å². The zero-order valence-corrected chi connectivity index (χ0v) is 7.66. The van der Waals surface area contributed by atoms with Crippen molar-refractivity contribution in [1.29, 1.82) is 5.41 Å². The second-order valence-electron chi connectivity index (χ2n) is 2.71. The number of nitrogens with zero attached hydrogens (tertiary/aromatic N) is 1. The van der Waals surface area contributed by atoms with Crippen LogP contribution in [0, 0.1) is 5.41 Å². The Morgan fingerprint density at radius 2 is 2.29 bits per heavy atom. The van der Waals surface area contributed by atoms with Crippen LogP contribution < -0.4 is 16.8 Å². The number of hydrogen-bond acceptors (Lipinski definition) is 5. The van der Waals surface area contributed by atoms with Crippen LogP contribution in [-0.2, 0) is 4.79 Å². The van der Waals surface area contributed by atoms with E-state index in [4.69, 9.17) is 16.9 Å². The fourth-order valence-electron chi connectivity index (χ4n) is 0.997. The fraction of sp³-hybridized carbons (Fsp3) is 0.125. The summed E-state index contributed by atoms with van der Waals surface area (Å²) in [5.41, 5.74) is 12.1. The summed E-state index contributed by atoms with van der Waals surface area (Å²) < 4.78 is 0. The first-order valence-electron chi connectivity index (χ1n) is 3.88. The lowest BCUT2D eigenvalue weighted by atomic mass is 10.2. The predicted octanol–water partition coefficient (Wildman–Crippen LogP) is 0.202. The van der Waals surface area contributed by atoms with E-state index in [-0.39, 0.29) is 17.4 Å². The van der Waals surface area contributed by atoms with Crippen LogP contribution in [0.3, 0.4) is 0 Å². The molecule has 1 aromatic rings. The van der Waals surface area contributed by atoms with Gasteiger partial charge in [-0.15, -0.1) is 0 Å². The van der Waals surface area contributed by atoms with Gasteiger partial charge in [0.05, 0.1) is 23.1 Å². The van der Waals surface area contributed by atoms with Crippen molar-refractivity contribution in [2.75, 3.05) is 16.8 Å². The molecule has 0 saturated carbocycles. The van der Waals surface area contributed by atoms with Crippen LogP contribution in [0.25, 0.3) is 0 Å². The van der Waals surface area contributed by atoms with Gasteiger partial charge in [-0.2, -0.15) is 0 Å². The van der Waals surface area contributed by atoms with E-state index in [0.29, 0.717) is 11.3 Å². The summed E-state index contributed by atoms with van der Waals surface area (Å²) in [4.78, 5) is 14.6. The molecule has 0 aromatic carbocycles. The Morgan fingerprint density at radius 1 is 1.64 bits per heavy atom. The minimum absolute atomic E-state index is 0.173. The summed E-state index contributed by atoms with van der Waals surface area (Å²) in [6.07, 6.45) is 2.36. The number of anilines is 3. The molecule has 6 N–H and O–H groups in total. The Bertz CT molecular complexity index is 388. The average molecular weight is 193 g/mol. The molecule has 74 valence electrons. The van der Waals surface area contributed by atoms with Crippen LogP contribution >= 0.6 is 0 Å². The molecule has 0 radical (unpaired) electrons. The molecule has 14 heavy (non-hydrogen) atoms. The minimum Gasteiger partial charge on any atom is -0.396 e. The number of nitrogens with two attached hydrogens (primary N) is 2. The third kappa shape index (κ3) is 1.79. The SMILES string of the molecule is CC(=O)Nc1cnc(N)c(C=N)c1N. The largest absolute Gasteiger partial charge is 0.396 e. The number of nitrogens with one attached hydrogen (secondary N) is 2. The van der Waals surface area contributed by atoms with E-state index < -0.39 is 0 Å². The van der Waals surface area contributed by atoms with Crippen LogP contribution in [0.2, 0.25) is 0 Å². The lowest BCUT2D eigenvalue weighted by Crippen LogP contribution is -2.11. The van der Waals surface area contributed by atoms with Crippen molar-refractivity contribution in [2.45, 2.75) is 6.92 Å². The van der Waals surface area contributed by atoms with Gasteiger partial charge in [-0.25, -0.2) is 4.98 Å². The number of amides is 1. The maximum absolute atomic E-state index is 10.8. The minimum atomic E-state index is -0.251. The molecule has 0 aliphatic carbocycles. The Balaban J connectivity index is 3.20. The summed E-state index contributed by atoms with van der Waals surface area (Å²) in [7, 11) is 0. The highest BCUT2D eigenvalue weighted by atomic mass is 16.1. The normalized spacial score (nSPS) is 9.50. The number of rotatable bonds is 2. The van der Waals surface area contributed by atoms with E-state index in [9.17, 15) is 4.79 Å². The zero-order valence-electron chi connectivity index (χ0n) is 7.66. The summed E-state index contributed by atoms with van der Waals surface area (Å²) in [5, 5.41) is 9.56. The highest BCUT2D eigenvalue weighted by molar-refractivity contribution is 5.99. The van der Waals surface area contributed by atoms with Crippen molar-refractivity contribution >= 4 is 29.3 Å². The molecule has 6 heteroatoms. The second kappa shape index (κ2) is 3.73. The number of carbonyl (C=O) groups is 1. The molecule has 0 unspecified atom stereocenters. The maximum atomic E-state index is 10.8. The van der Waals surface area contributed by atoms with Crippen molar-refractivity contribution in [3.05, 3.63) is 11.8 Å². The number of hydrogen-bond donors (Lipinski definition) is 4. The summed E-state index contributed by atoms with van der Waals surface area (Å²) in [6, 6.07) is 0. The third-order valence-corrected chi connectivity index (χ3v) is 1.64. The molecule has 0 bridgehead atoms. The Kier molecular flexibility index (Phi) is 2.66. The third-order valence-electron chi connectivity index (χ3n) is 1.64. The highest BCUT2D eigenvalue weighted by Gasteiger charge is 2.08. The van der Waals surface area contributed by atoms with Crippen LogP contribution in [-0.4, -0.2) is 17.1 Å². The molecule has 1 aromatic heterocycles. The van der Waals surface area contributed by atoms with E-state index in [1.807, 2.05) is 0 Å². The van der Waals surface area contributed by atoms with Crippen LogP contribution in [0.15, 0.2) is 6.20 Å². The number of carbonyl (C=O) groups excluding carboxylic acids is 1. The smallest absolute Gasteiger partial charge is 0.221 e. The lowest BCUT2D eigenvalue weighted by Gasteiger charge is -2.09. The van der Waals surface area contributed by atoms with Crippen molar-refractivity contribution in [3.8, 4) is 0 Å². The molecule has 0 fully saturated rings. The van der Waals surface area contributed by atoms with Crippen molar-refractivity contribution in [2.24, 2.45) is 0 Å². The molecule has 0 spiro atoms. The van der Waals surface area contributed by atoms with Gasteiger partial charge in [0.15, 0.2) is 0 Å². The molecule has 1 rings (SSSR count). The molecular formula is C8H11N5O. The quantitative estimate of drug-likeness (QED) is 0.502. The van der Waals surface area contributed by atoms with Gasteiger partial charge in [0.25, 0.3) is 0 Å². The zero-order chi connectivity index (χ0) is 10.7. The second-order valence-corrected chi connectivity index (χ2v) is 2.71. The highest BCUT2D eigenvalue weighted by Crippen LogP contribution is 2.23. The molecule has 0 atom stereocenters. The molecule has 1 heterocycles. The predicted molar refractivity (Wildman–Crippen MR) is 55.3 cm³/mol. The van der Waals surface area contributed by atoms with Crippen LogP contribution in [0.5, 0.6) is 0 Å². The molecule has 6 nitrogen and oxygen atoms in total. The molecular weight excluding hydrogens is 182 g/mol. The molecule has 1 amide bonds. The topological polar surface area (TPSA) is 118 Å². The summed E-state index contributed by atoms with van der Waals surface area (Å²) in [6.45, 7) is 1.36. The van der Waals surface area contributed by atoms with E-state index in [0.717, 1.165) is 6.21 Å². The van der Waals surface area contributed by atoms with Gasteiger partial charge in [0, 0.05) is 13.1 Å². The van der Waals surface area contributed by atoms with E-state index >= 15 is 0 Å². The lowest BCUT2D eigenvalue weighted by molar-refractivity contribution is -0.114. The van der Waals surface area contributed by atoms with Gasteiger partial charge in [0.1, 0.15) is 5.82 Å². The summed E-state index contributed by atoms with van der Waals surface area (Å²) >= 11 is 0. The van der Waals surface area contributed by atoms with Crippen LogP contribution in [0.4, 0.5) is 17.2 Å². The van der Waals surface area contributed by atoms with Gasteiger partial charge >= 0.3 is 0 Å². The Morgan fingerprint density at radius 3 is 2.79 bits per heavy atom. The van der Waals surface area contributed by atoms with E-state index in [1.165, 1.54) is 13.1 Å². The standard InChI is InChI=1S/C8H11N5O/c1-4(14)13-6-3-12-8(11)5(2-9)7(6)10/h2-3,9H,1H3,(H,13,14)(H4,10,11,12). The van der Waals surface area contributed by atoms with Gasteiger partial charge in [-0.05, 0) is 0 Å². The Labute approximate surface area is 80.8 Å². The van der Waals surface area contributed by atoms with Gasteiger partial charge in [-0.1, -0.05) is 0 Å². The molecule has 0 aliphatic rings. The van der Waals surface area contributed by atoms with Crippen molar-refractivity contribution in [3.63, 3.8) is 0 Å². The first-order valence-corrected chi connectivity index (χ1v) is 3.88. The molecule has 0 saturated heterocycles. The fourth-order valence-corrected chi connectivity index (χ4v) is 0.997. The average Bonchev–Trinajstić information content (AvgIpc) is 2.10.